The molecule has 0 aliphatic heterocycles. The Kier molecular flexibility index (Phi) is 6.13. The SMILES string of the molecule is C=CCn1c(SCc2ccc(S(=O)(=O)c3ccc(C)cc3)cc2)nc2sccc2c1=O. The van der Waals surface area contributed by atoms with Crippen molar-refractivity contribution in [2.45, 2.75) is 34.2 Å². The number of aromatic nitrogens is 2. The molecule has 2 aromatic carbocycles. The monoisotopic (exact) mass is 468 g/mol. The summed E-state index contributed by atoms with van der Waals surface area (Å²) in [5.74, 6) is 0.561. The van der Waals surface area contributed by atoms with Crippen LogP contribution in [0.4, 0.5) is 0 Å². The van der Waals surface area contributed by atoms with Crippen molar-refractivity contribution >= 4 is 43.2 Å². The molecule has 0 spiro atoms. The van der Waals surface area contributed by atoms with Crippen LogP contribution in [0.2, 0.25) is 0 Å². The van der Waals surface area contributed by atoms with Gasteiger partial charge in [-0.1, -0.05) is 47.7 Å². The van der Waals surface area contributed by atoms with Gasteiger partial charge in [-0.25, -0.2) is 13.4 Å². The van der Waals surface area contributed by atoms with E-state index in [1.54, 1.807) is 65.2 Å². The largest absolute Gasteiger partial charge is 0.283 e. The third-order valence-electron chi connectivity index (χ3n) is 4.79. The zero-order valence-corrected chi connectivity index (χ0v) is 19.3. The average molecular weight is 469 g/mol. The van der Waals surface area contributed by atoms with Crippen molar-refractivity contribution in [3.63, 3.8) is 0 Å². The minimum atomic E-state index is -3.55. The van der Waals surface area contributed by atoms with E-state index in [4.69, 9.17) is 0 Å². The fourth-order valence-electron chi connectivity index (χ4n) is 3.10. The molecule has 5 nitrogen and oxygen atoms in total. The van der Waals surface area contributed by atoms with E-state index >= 15 is 0 Å². The van der Waals surface area contributed by atoms with Gasteiger partial charge in [0.05, 0.1) is 15.2 Å². The quantitative estimate of drug-likeness (QED) is 0.215. The Morgan fingerprint density at radius 3 is 2.35 bits per heavy atom. The first-order valence-electron chi connectivity index (χ1n) is 9.52. The topological polar surface area (TPSA) is 69.0 Å². The maximum Gasteiger partial charge on any atom is 0.263 e. The number of thiophene rings is 1. The van der Waals surface area contributed by atoms with Crippen LogP contribution in [-0.4, -0.2) is 18.0 Å². The maximum absolute atomic E-state index is 12.8. The van der Waals surface area contributed by atoms with Crippen LogP contribution in [0.15, 0.2) is 92.4 Å². The van der Waals surface area contributed by atoms with Gasteiger partial charge in [-0.15, -0.1) is 17.9 Å². The summed E-state index contributed by atoms with van der Waals surface area (Å²) in [5, 5.41) is 3.09. The predicted molar refractivity (Wildman–Crippen MR) is 127 cm³/mol. The number of nitrogens with zero attached hydrogens (tertiary/aromatic N) is 2. The van der Waals surface area contributed by atoms with Crippen LogP contribution in [0.5, 0.6) is 0 Å². The van der Waals surface area contributed by atoms with Gasteiger partial charge in [-0.05, 0) is 48.2 Å². The lowest BCUT2D eigenvalue weighted by Gasteiger charge is -2.10. The molecule has 0 bridgehead atoms. The van der Waals surface area contributed by atoms with Crippen molar-refractivity contribution in [3.05, 3.63) is 94.1 Å². The second-order valence-corrected chi connectivity index (χ2v) is 10.8. The van der Waals surface area contributed by atoms with Crippen molar-refractivity contribution in [2.24, 2.45) is 0 Å². The third-order valence-corrected chi connectivity index (χ3v) is 8.43. The molecule has 4 rings (SSSR count). The fraction of sp³-hybridized carbons (Fsp3) is 0.130. The van der Waals surface area contributed by atoms with Crippen LogP contribution < -0.4 is 5.56 Å². The molecule has 31 heavy (non-hydrogen) atoms. The molecule has 2 aromatic heterocycles. The number of thioether (sulfide) groups is 1. The number of sulfone groups is 1. The van der Waals surface area contributed by atoms with Crippen molar-refractivity contribution in [1.29, 1.82) is 0 Å². The van der Waals surface area contributed by atoms with Gasteiger partial charge in [0.1, 0.15) is 4.83 Å². The molecule has 0 fully saturated rings. The first kappa shape index (κ1) is 21.5. The summed E-state index contributed by atoms with van der Waals surface area (Å²) >= 11 is 2.88. The van der Waals surface area contributed by atoms with E-state index in [1.807, 2.05) is 12.3 Å². The smallest absolute Gasteiger partial charge is 0.263 e. The fourth-order valence-corrected chi connectivity index (χ4v) is 6.13. The Balaban J connectivity index is 1.56. The molecular formula is C23H20N2O3S3. The highest BCUT2D eigenvalue weighted by Crippen LogP contribution is 2.26. The highest BCUT2D eigenvalue weighted by molar-refractivity contribution is 7.98. The van der Waals surface area contributed by atoms with Crippen molar-refractivity contribution in [3.8, 4) is 0 Å². The van der Waals surface area contributed by atoms with Gasteiger partial charge < -0.3 is 0 Å². The minimum absolute atomic E-state index is 0.0758. The van der Waals surface area contributed by atoms with Gasteiger partial charge in [0.15, 0.2) is 5.16 Å². The summed E-state index contributed by atoms with van der Waals surface area (Å²) in [6, 6.07) is 15.5. The molecule has 0 radical (unpaired) electrons. The van der Waals surface area contributed by atoms with Gasteiger partial charge in [0.2, 0.25) is 9.84 Å². The molecule has 0 amide bonds. The van der Waals surface area contributed by atoms with Gasteiger partial charge in [0.25, 0.3) is 5.56 Å². The standard InChI is InChI=1S/C23H20N2O3S3/c1-3-13-25-22(26)20-12-14-29-21(20)24-23(25)30-15-17-6-10-19(11-7-17)31(27,28)18-8-4-16(2)5-9-18/h3-12,14H,1,13,15H2,2H3. The first-order valence-corrected chi connectivity index (χ1v) is 12.9. The van der Waals surface area contributed by atoms with Crippen LogP contribution >= 0.6 is 23.1 Å². The van der Waals surface area contributed by atoms with Gasteiger partial charge >= 0.3 is 0 Å². The number of hydrogen-bond donors (Lipinski definition) is 0. The highest BCUT2D eigenvalue weighted by Gasteiger charge is 2.17. The summed E-state index contributed by atoms with van der Waals surface area (Å²) in [4.78, 5) is 18.6. The molecule has 4 aromatic rings. The highest BCUT2D eigenvalue weighted by atomic mass is 32.2. The summed E-state index contributed by atoms with van der Waals surface area (Å²) in [6.45, 7) is 6.04. The van der Waals surface area contributed by atoms with Crippen molar-refractivity contribution in [2.75, 3.05) is 0 Å². The molecule has 0 aliphatic rings. The van der Waals surface area contributed by atoms with Crippen LogP contribution in [0, 0.1) is 6.92 Å². The Bertz CT molecular complexity index is 1400. The first-order chi connectivity index (χ1) is 14.9. The zero-order valence-electron chi connectivity index (χ0n) is 16.8. The van der Waals surface area contributed by atoms with E-state index in [1.165, 1.54) is 23.1 Å². The number of fused-ring (bicyclic) bond motifs is 1. The molecule has 2 heterocycles. The van der Waals surface area contributed by atoms with Crippen LogP contribution in [0.25, 0.3) is 10.2 Å². The maximum atomic E-state index is 12.8. The summed E-state index contributed by atoms with van der Waals surface area (Å²) in [6.07, 6.45) is 1.68. The number of allylic oxidation sites excluding steroid dienone is 1. The molecule has 0 saturated carbocycles. The second kappa shape index (κ2) is 8.82. The number of benzene rings is 2. The summed E-state index contributed by atoms with van der Waals surface area (Å²) in [7, 11) is -3.55. The van der Waals surface area contributed by atoms with E-state index in [0.29, 0.717) is 27.7 Å². The Labute approximate surface area is 189 Å². The molecule has 8 heteroatoms. The van der Waals surface area contributed by atoms with Crippen LogP contribution in [0.3, 0.4) is 0 Å². The zero-order chi connectivity index (χ0) is 22.0. The van der Waals surface area contributed by atoms with Gasteiger partial charge in [-0.3, -0.25) is 9.36 Å². The lowest BCUT2D eigenvalue weighted by atomic mass is 10.2. The van der Waals surface area contributed by atoms with Crippen molar-refractivity contribution < 1.29 is 8.42 Å². The van der Waals surface area contributed by atoms with E-state index < -0.39 is 9.84 Å². The summed E-state index contributed by atoms with van der Waals surface area (Å²) < 4.78 is 27.3. The molecular weight excluding hydrogens is 448 g/mol. The second-order valence-electron chi connectivity index (χ2n) is 6.99. The molecule has 0 unspecified atom stereocenters. The molecule has 0 saturated heterocycles. The molecule has 158 valence electrons. The third kappa shape index (κ3) is 4.37. The lowest BCUT2D eigenvalue weighted by molar-refractivity contribution is 0.596. The molecule has 0 aliphatic carbocycles. The summed E-state index contributed by atoms with van der Waals surface area (Å²) in [5.41, 5.74) is 1.88. The number of rotatable bonds is 7. The Morgan fingerprint density at radius 1 is 1.06 bits per heavy atom. The van der Waals surface area contributed by atoms with E-state index in [9.17, 15) is 13.2 Å². The minimum Gasteiger partial charge on any atom is -0.283 e. The van der Waals surface area contributed by atoms with E-state index in [2.05, 4.69) is 11.6 Å². The normalized spacial score (nSPS) is 11.6. The van der Waals surface area contributed by atoms with E-state index in [-0.39, 0.29) is 15.4 Å². The van der Waals surface area contributed by atoms with E-state index in [0.717, 1.165) is 11.1 Å². The number of aryl methyl sites for hydroxylation is 1. The Hall–Kier alpha value is -2.68. The average Bonchev–Trinajstić information content (AvgIpc) is 3.24. The van der Waals surface area contributed by atoms with Crippen LogP contribution in [0.1, 0.15) is 11.1 Å². The van der Waals surface area contributed by atoms with Gasteiger partial charge in [-0.2, -0.15) is 0 Å². The van der Waals surface area contributed by atoms with Gasteiger partial charge in [0, 0.05) is 12.3 Å². The lowest BCUT2D eigenvalue weighted by Crippen LogP contribution is -2.22. The molecule has 0 N–H and O–H groups in total. The molecule has 0 atom stereocenters. The Morgan fingerprint density at radius 2 is 1.71 bits per heavy atom. The predicted octanol–water partition coefficient (Wildman–Crippen LogP) is 5.08. The van der Waals surface area contributed by atoms with Crippen molar-refractivity contribution in [1.82, 2.24) is 9.55 Å². The number of hydrogen-bond acceptors (Lipinski definition) is 6. The van der Waals surface area contributed by atoms with Crippen LogP contribution in [-0.2, 0) is 22.1 Å².